The van der Waals surface area contributed by atoms with Crippen LogP contribution in [-0.4, -0.2) is 60.1 Å². The standard InChI is InChI=1S/C33H44N4O7/c1-21(2)16-26(30(40)23(5)38)36-32(42)27(17-22(3)4)35-29(39)19-34-31(41)28(18-24-12-8-6-9-13-24)37-33(43)44-20-25-14-10-7-11-15-25/h6-15,21-22,26-28H,16-20H2,1-5H3,(H,34,41)(H,35,39)(H,36,42)(H,37,43)/t26-,27-,28-/m0/s1. The number of benzene rings is 2. The number of ether oxygens (including phenoxy) is 1. The highest BCUT2D eigenvalue weighted by Crippen LogP contribution is 2.10. The summed E-state index contributed by atoms with van der Waals surface area (Å²) in [7, 11) is 0. The van der Waals surface area contributed by atoms with E-state index in [-0.39, 0.29) is 37.7 Å². The normalized spacial score (nSPS) is 12.9. The van der Waals surface area contributed by atoms with Gasteiger partial charge >= 0.3 is 6.09 Å². The molecule has 0 aliphatic carbocycles. The lowest BCUT2D eigenvalue weighted by molar-refractivity contribution is -0.138. The fourth-order valence-corrected chi connectivity index (χ4v) is 4.43. The SMILES string of the molecule is CC(=O)C(=O)[C@H](CC(C)C)NC(=O)[C@H](CC(C)C)NC(=O)CNC(=O)[C@H](Cc1ccccc1)NC(=O)OCc1ccccc1. The Morgan fingerprint density at radius 3 is 1.75 bits per heavy atom. The van der Waals surface area contributed by atoms with Gasteiger partial charge in [0.2, 0.25) is 23.5 Å². The van der Waals surface area contributed by atoms with Crippen molar-refractivity contribution in [3.05, 3.63) is 71.8 Å². The molecule has 0 aromatic heterocycles. The molecule has 0 spiro atoms. The minimum absolute atomic E-state index is 0.00838. The Morgan fingerprint density at radius 2 is 1.20 bits per heavy atom. The smallest absolute Gasteiger partial charge is 0.408 e. The number of nitrogens with one attached hydrogen (secondary N) is 4. The van der Waals surface area contributed by atoms with Crippen LogP contribution in [0.3, 0.4) is 0 Å². The van der Waals surface area contributed by atoms with Crippen molar-refractivity contribution in [3.63, 3.8) is 0 Å². The predicted octanol–water partition coefficient (Wildman–Crippen LogP) is 2.86. The molecule has 0 heterocycles. The fraction of sp³-hybridized carbons (Fsp3) is 0.455. The fourth-order valence-electron chi connectivity index (χ4n) is 4.43. The summed E-state index contributed by atoms with van der Waals surface area (Å²) in [6, 6.07) is 15.1. The Kier molecular flexibility index (Phi) is 14.7. The van der Waals surface area contributed by atoms with Gasteiger partial charge in [-0.15, -0.1) is 0 Å². The summed E-state index contributed by atoms with van der Waals surface area (Å²) in [6.07, 6.45) is -0.112. The van der Waals surface area contributed by atoms with Gasteiger partial charge in [0.1, 0.15) is 18.7 Å². The Bertz CT molecular complexity index is 1270. The van der Waals surface area contributed by atoms with Crippen LogP contribution in [-0.2, 0) is 41.7 Å². The minimum Gasteiger partial charge on any atom is -0.445 e. The second-order valence-electron chi connectivity index (χ2n) is 11.5. The maximum Gasteiger partial charge on any atom is 0.408 e. The van der Waals surface area contributed by atoms with Crippen LogP contribution in [0.2, 0.25) is 0 Å². The molecule has 11 heteroatoms. The van der Waals surface area contributed by atoms with Crippen molar-refractivity contribution in [2.75, 3.05) is 6.54 Å². The number of Topliss-reactive ketones (excluding diaryl/α,β-unsaturated/α-hetero) is 2. The first-order valence-corrected chi connectivity index (χ1v) is 14.8. The second kappa shape index (κ2) is 18.2. The summed E-state index contributed by atoms with van der Waals surface area (Å²) in [6.45, 7) is 8.19. The minimum atomic E-state index is -1.04. The van der Waals surface area contributed by atoms with Crippen LogP contribution in [0, 0.1) is 11.8 Å². The lowest BCUT2D eigenvalue weighted by atomic mass is 9.97. The zero-order valence-corrected chi connectivity index (χ0v) is 26.1. The van der Waals surface area contributed by atoms with E-state index in [1.54, 1.807) is 24.3 Å². The zero-order valence-electron chi connectivity index (χ0n) is 26.1. The molecule has 0 saturated heterocycles. The average Bonchev–Trinajstić information content (AvgIpc) is 2.98. The quantitative estimate of drug-likeness (QED) is 0.201. The van der Waals surface area contributed by atoms with Gasteiger partial charge in [-0.3, -0.25) is 24.0 Å². The van der Waals surface area contributed by atoms with Crippen LogP contribution in [0.4, 0.5) is 4.79 Å². The van der Waals surface area contributed by atoms with Crippen molar-refractivity contribution in [1.29, 1.82) is 0 Å². The van der Waals surface area contributed by atoms with Crippen LogP contribution in [0.5, 0.6) is 0 Å². The molecule has 3 atom stereocenters. The lowest BCUT2D eigenvalue weighted by Gasteiger charge is -2.24. The van der Waals surface area contributed by atoms with Crippen molar-refractivity contribution in [2.24, 2.45) is 11.8 Å². The molecule has 0 unspecified atom stereocenters. The van der Waals surface area contributed by atoms with E-state index in [0.29, 0.717) is 0 Å². The third-order valence-electron chi connectivity index (χ3n) is 6.57. The molecule has 2 aromatic carbocycles. The van der Waals surface area contributed by atoms with Crippen LogP contribution < -0.4 is 21.3 Å². The molecule has 4 amide bonds. The highest BCUT2D eigenvalue weighted by atomic mass is 16.5. The zero-order chi connectivity index (χ0) is 32.6. The number of carbonyl (C=O) groups excluding carboxylic acids is 6. The van der Waals surface area contributed by atoms with Gasteiger partial charge in [-0.2, -0.15) is 0 Å². The molecule has 0 aliphatic heterocycles. The molecular weight excluding hydrogens is 564 g/mol. The number of carbonyl (C=O) groups is 6. The summed E-state index contributed by atoms with van der Waals surface area (Å²) < 4.78 is 5.28. The van der Waals surface area contributed by atoms with E-state index in [1.165, 1.54) is 0 Å². The monoisotopic (exact) mass is 608 g/mol. The van der Waals surface area contributed by atoms with Crippen LogP contribution >= 0.6 is 0 Å². The maximum absolute atomic E-state index is 13.1. The van der Waals surface area contributed by atoms with E-state index in [1.807, 2.05) is 64.1 Å². The van der Waals surface area contributed by atoms with Crippen LogP contribution in [0.15, 0.2) is 60.7 Å². The first-order chi connectivity index (χ1) is 20.8. The second-order valence-corrected chi connectivity index (χ2v) is 11.5. The molecule has 0 bridgehead atoms. The van der Waals surface area contributed by atoms with Crippen molar-refractivity contribution in [2.45, 2.75) is 78.6 Å². The molecule has 2 rings (SSSR count). The van der Waals surface area contributed by atoms with E-state index in [4.69, 9.17) is 4.74 Å². The van der Waals surface area contributed by atoms with Gasteiger partial charge in [0.25, 0.3) is 0 Å². The highest BCUT2D eigenvalue weighted by molar-refractivity contribution is 6.38. The average molecular weight is 609 g/mol. The molecular formula is C33H44N4O7. The summed E-state index contributed by atoms with van der Waals surface area (Å²) >= 11 is 0. The van der Waals surface area contributed by atoms with E-state index in [9.17, 15) is 28.8 Å². The van der Waals surface area contributed by atoms with Crippen LogP contribution in [0.1, 0.15) is 58.6 Å². The maximum atomic E-state index is 13.1. The summed E-state index contributed by atoms with van der Waals surface area (Å²) in [5.74, 6) is -3.17. The van der Waals surface area contributed by atoms with Crippen molar-refractivity contribution in [1.82, 2.24) is 21.3 Å². The number of rotatable bonds is 17. The Labute approximate surface area is 258 Å². The summed E-state index contributed by atoms with van der Waals surface area (Å²) in [4.78, 5) is 75.8. The number of alkyl carbamates (subject to hydrolysis) is 1. The predicted molar refractivity (Wildman–Crippen MR) is 165 cm³/mol. The number of hydrogen-bond donors (Lipinski definition) is 4. The molecule has 0 radical (unpaired) electrons. The van der Waals surface area contributed by atoms with Crippen molar-refractivity contribution >= 4 is 35.4 Å². The number of hydrogen-bond acceptors (Lipinski definition) is 7. The molecule has 4 N–H and O–H groups in total. The van der Waals surface area contributed by atoms with E-state index in [0.717, 1.165) is 18.1 Å². The van der Waals surface area contributed by atoms with E-state index in [2.05, 4.69) is 21.3 Å². The van der Waals surface area contributed by atoms with E-state index < -0.39 is 60.1 Å². The van der Waals surface area contributed by atoms with Gasteiger partial charge in [-0.05, 0) is 35.8 Å². The lowest BCUT2D eigenvalue weighted by Crippen LogP contribution is -2.55. The summed E-state index contributed by atoms with van der Waals surface area (Å²) in [5, 5.41) is 10.3. The topological polar surface area (TPSA) is 160 Å². The van der Waals surface area contributed by atoms with E-state index >= 15 is 0 Å². The number of ketones is 2. The van der Waals surface area contributed by atoms with Gasteiger partial charge in [0, 0.05) is 13.3 Å². The molecule has 238 valence electrons. The Morgan fingerprint density at radius 1 is 0.659 bits per heavy atom. The summed E-state index contributed by atoms with van der Waals surface area (Å²) in [5.41, 5.74) is 1.56. The molecule has 0 aliphatic rings. The van der Waals surface area contributed by atoms with Gasteiger partial charge in [0.05, 0.1) is 12.6 Å². The molecule has 44 heavy (non-hydrogen) atoms. The van der Waals surface area contributed by atoms with Crippen LogP contribution in [0.25, 0.3) is 0 Å². The Hall–Kier alpha value is -4.54. The van der Waals surface area contributed by atoms with Crippen molar-refractivity contribution < 1.29 is 33.5 Å². The third-order valence-corrected chi connectivity index (χ3v) is 6.57. The molecule has 0 saturated carbocycles. The highest BCUT2D eigenvalue weighted by Gasteiger charge is 2.30. The first-order valence-electron chi connectivity index (χ1n) is 14.8. The van der Waals surface area contributed by atoms with Gasteiger partial charge in [0.15, 0.2) is 5.78 Å². The van der Waals surface area contributed by atoms with Gasteiger partial charge in [-0.1, -0.05) is 88.4 Å². The van der Waals surface area contributed by atoms with Gasteiger partial charge in [-0.25, -0.2) is 4.79 Å². The molecule has 2 aromatic rings. The molecule has 11 nitrogen and oxygen atoms in total. The third kappa shape index (κ3) is 13.2. The molecule has 0 fully saturated rings. The van der Waals surface area contributed by atoms with Gasteiger partial charge < -0.3 is 26.0 Å². The Balaban J connectivity index is 2.05. The first kappa shape index (κ1) is 35.7. The largest absolute Gasteiger partial charge is 0.445 e. The number of amides is 4. The van der Waals surface area contributed by atoms with Crippen molar-refractivity contribution in [3.8, 4) is 0 Å².